The second kappa shape index (κ2) is 6.81. The van der Waals surface area contributed by atoms with Crippen molar-refractivity contribution in [3.05, 3.63) is 37.5 Å². The minimum atomic E-state index is 0.435. The van der Waals surface area contributed by atoms with Crippen LogP contribution in [0.3, 0.4) is 0 Å². The van der Waals surface area contributed by atoms with Crippen molar-refractivity contribution in [2.45, 2.75) is 17.7 Å². The van der Waals surface area contributed by atoms with Gasteiger partial charge < -0.3 is 0 Å². The summed E-state index contributed by atoms with van der Waals surface area (Å²) in [5, 5.41) is 0. The van der Waals surface area contributed by atoms with Crippen LogP contribution < -0.4 is 0 Å². The van der Waals surface area contributed by atoms with E-state index >= 15 is 0 Å². The molecule has 0 spiro atoms. The summed E-state index contributed by atoms with van der Waals surface area (Å²) in [5.74, 6) is 0. The lowest BCUT2D eigenvalue weighted by Gasteiger charge is -1.96. The Kier molecular flexibility index (Phi) is 6.61. The molecule has 0 N–H and O–H groups in total. The van der Waals surface area contributed by atoms with Crippen molar-refractivity contribution in [3.8, 4) is 0 Å². The van der Waals surface area contributed by atoms with E-state index in [2.05, 4.69) is 41.2 Å². The van der Waals surface area contributed by atoms with E-state index in [9.17, 15) is 0 Å². The minimum Gasteiger partial charge on any atom is -0.103 e. The molecule has 0 rings (SSSR count). The molecule has 0 aromatic heterocycles. The normalized spacial score (nSPS) is 13.3. The van der Waals surface area contributed by atoms with E-state index in [0.29, 0.717) is 4.83 Å². The molecule has 10 heavy (non-hydrogen) atoms. The lowest BCUT2D eigenvalue weighted by molar-refractivity contribution is 1.09. The molecule has 0 amide bonds. The summed E-state index contributed by atoms with van der Waals surface area (Å²) in [6, 6.07) is 0. The van der Waals surface area contributed by atoms with Gasteiger partial charge in [-0.05, 0) is 12.8 Å². The average Bonchev–Trinajstić information content (AvgIpc) is 1.89. The summed E-state index contributed by atoms with van der Waals surface area (Å²) >= 11 is 3.48. The number of alkyl halides is 1. The zero-order valence-electron chi connectivity index (χ0n) is 6.09. The van der Waals surface area contributed by atoms with Crippen LogP contribution in [-0.4, -0.2) is 4.83 Å². The van der Waals surface area contributed by atoms with E-state index in [1.165, 1.54) is 0 Å². The predicted molar refractivity (Wildman–Crippen MR) is 51.5 cm³/mol. The van der Waals surface area contributed by atoms with Crippen LogP contribution in [0, 0.1) is 0 Å². The summed E-state index contributed by atoms with van der Waals surface area (Å²) in [4.78, 5) is 0.435. The Balaban J connectivity index is 3.43. The maximum atomic E-state index is 3.64. The van der Waals surface area contributed by atoms with Crippen LogP contribution in [0.2, 0.25) is 0 Å². The maximum Gasteiger partial charge on any atom is 0.0359 e. The minimum absolute atomic E-state index is 0.435. The molecule has 1 heteroatoms. The summed E-state index contributed by atoms with van der Waals surface area (Å²) in [5.41, 5.74) is 0. The molecule has 0 bridgehead atoms. The van der Waals surface area contributed by atoms with Crippen LogP contribution in [0.5, 0.6) is 0 Å². The maximum absolute atomic E-state index is 3.64. The number of hydrogen-bond donors (Lipinski definition) is 0. The second-order valence-corrected chi connectivity index (χ2v) is 3.17. The topological polar surface area (TPSA) is 0 Å². The summed E-state index contributed by atoms with van der Waals surface area (Å²) in [6.07, 6.45) is 9.91. The Morgan fingerprint density at radius 1 is 1.30 bits per heavy atom. The zero-order chi connectivity index (χ0) is 7.82. The van der Waals surface area contributed by atoms with Gasteiger partial charge in [-0.2, -0.15) is 0 Å². The number of rotatable bonds is 5. The van der Waals surface area contributed by atoms with Crippen LogP contribution in [0.1, 0.15) is 12.8 Å². The monoisotopic (exact) mass is 200 g/mol. The van der Waals surface area contributed by atoms with Gasteiger partial charge in [0, 0.05) is 4.83 Å². The first-order chi connectivity index (χ1) is 4.81. The van der Waals surface area contributed by atoms with E-state index in [4.69, 9.17) is 0 Å². The molecule has 0 heterocycles. The van der Waals surface area contributed by atoms with Gasteiger partial charge in [0.25, 0.3) is 0 Å². The number of halogens is 1. The molecule has 0 saturated carbocycles. The van der Waals surface area contributed by atoms with E-state index in [1.54, 1.807) is 0 Å². The first-order valence-electron chi connectivity index (χ1n) is 3.33. The van der Waals surface area contributed by atoms with Crippen LogP contribution >= 0.6 is 15.9 Å². The third kappa shape index (κ3) is 5.83. The fourth-order valence-corrected chi connectivity index (χ4v) is 1.04. The van der Waals surface area contributed by atoms with E-state index in [1.807, 2.05) is 12.2 Å². The quantitative estimate of drug-likeness (QED) is 0.472. The van der Waals surface area contributed by atoms with E-state index < -0.39 is 0 Å². The highest BCUT2D eigenvalue weighted by Gasteiger charge is 1.91. The Morgan fingerprint density at radius 3 is 2.50 bits per heavy atom. The highest BCUT2D eigenvalue weighted by molar-refractivity contribution is 9.09. The van der Waals surface area contributed by atoms with Gasteiger partial charge in [-0.3, -0.25) is 0 Å². The molecule has 1 unspecified atom stereocenters. The van der Waals surface area contributed by atoms with Gasteiger partial charge in [0.1, 0.15) is 0 Å². The van der Waals surface area contributed by atoms with Crippen molar-refractivity contribution in [1.29, 1.82) is 0 Å². The molecule has 0 fully saturated rings. The van der Waals surface area contributed by atoms with Gasteiger partial charge in [0.2, 0.25) is 0 Å². The van der Waals surface area contributed by atoms with Crippen LogP contribution in [-0.2, 0) is 0 Å². The lowest BCUT2D eigenvalue weighted by atomic mass is 10.2. The Bertz CT molecular complexity index is 125. The zero-order valence-corrected chi connectivity index (χ0v) is 7.68. The largest absolute Gasteiger partial charge is 0.103 e. The Morgan fingerprint density at radius 2 is 2.00 bits per heavy atom. The van der Waals surface area contributed by atoms with Gasteiger partial charge in [-0.25, -0.2) is 0 Å². The third-order valence-electron chi connectivity index (χ3n) is 1.04. The molecule has 0 aliphatic rings. The smallest absolute Gasteiger partial charge is 0.0359 e. The highest BCUT2D eigenvalue weighted by Crippen LogP contribution is 2.07. The van der Waals surface area contributed by atoms with Crippen molar-refractivity contribution < 1.29 is 0 Å². The molecular formula is C9H13Br. The molecule has 0 aromatic rings. The van der Waals surface area contributed by atoms with Gasteiger partial charge in [0.05, 0.1) is 0 Å². The molecule has 1 atom stereocenters. The van der Waals surface area contributed by atoms with Crippen molar-refractivity contribution in [3.63, 3.8) is 0 Å². The third-order valence-corrected chi connectivity index (χ3v) is 1.72. The fraction of sp³-hybridized carbons (Fsp3) is 0.333. The fourth-order valence-electron chi connectivity index (χ4n) is 0.560. The van der Waals surface area contributed by atoms with Crippen LogP contribution in [0.25, 0.3) is 0 Å². The summed E-state index contributed by atoms with van der Waals surface area (Å²) in [7, 11) is 0. The number of hydrogen-bond acceptors (Lipinski definition) is 0. The van der Waals surface area contributed by atoms with E-state index in [-0.39, 0.29) is 0 Å². The molecule has 0 nitrogen and oxygen atoms in total. The first-order valence-corrected chi connectivity index (χ1v) is 4.25. The molecule has 0 saturated heterocycles. The van der Waals surface area contributed by atoms with Gasteiger partial charge in [-0.15, -0.1) is 13.2 Å². The second-order valence-electron chi connectivity index (χ2n) is 1.99. The van der Waals surface area contributed by atoms with Gasteiger partial charge >= 0.3 is 0 Å². The van der Waals surface area contributed by atoms with Crippen LogP contribution in [0.4, 0.5) is 0 Å². The highest BCUT2D eigenvalue weighted by atomic mass is 79.9. The van der Waals surface area contributed by atoms with Crippen molar-refractivity contribution in [2.24, 2.45) is 0 Å². The molecule has 56 valence electrons. The Labute approximate surface area is 71.5 Å². The van der Waals surface area contributed by atoms with Gasteiger partial charge in [0.15, 0.2) is 0 Å². The van der Waals surface area contributed by atoms with Crippen molar-refractivity contribution in [2.75, 3.05) is 0 Å². The molecule has 0 radical (unpaired) electrons. The first kappa shape index (κ1) is 9.70. The van der Waals surface area contributed by atoms with Crippen molar-refractivity contribution >= 4 is 15.9 Å². The molecular weight excluding hydrogens is 188 g/mol. The van der Waals surface area contributed by atoms with Gasteiger partial charge in [-0.1, -0.05) is 40.2 Å². The summed E-state index contributed by atoms with van der Waals surface area (Å²) in [6.45, 7) is 7.26. The Hall–Kier alpha value is -0.300. The molecule has 0 aromatic carbocycles. The SMILES string of the molecule is C=CC/C=C/C(Br)CC=C. The molecule has 0 aliphatic carbocycles. The van der Waals surface area contributed by atoms with E-state index in [0.717, 1.165) is 12.8 Å². The summed E-state index contributed by atoms with van der Waals surface area (Å²) < 4.78 is 0. The number of allylic oxidation sites excluding steroid dienone is 4. The predicted octanol–water partition coefficient (Wildman–Crippen LogP) is 3.46. The standard InChI is InChI=1S/C9H13Br/c1-3-5-6-8-9(10)7-4-2/h3-4,6,8-9H,1-2,5,7H2/b8-6+. The van der Waals surface area contributed by atoms with Crippen LogP contribution in [0.15, 0.2) is 37.5 Å². The van der Waals surface area contributed by atoms with Crippen molar-refractivity contribution in [1.82, 2.24) is 0 Å². The average molecular weight is 201 g/mol. The molecule has 0 aliphatic heterocycles. The lowest BCUT2D eigenvalue weighted by Crippen LogP contribution is -1.87.